The zero-order valence-corrected chi connectivity index (χ0v) is 8.58. The first-order valence-corrected chi connectivity index (χ1v) is 3.33. The largest absolute Gasteiger partial charge is 2.00 e. The van der Waals surface area contributed by atoms with Gasteiger partial charge in [-0.2, -0.15) is 36.4 Å². The van der Waals surface area contributed by atoms with Gasteiger partial charge in [0.05, 0.1) is 0 Å². The van der Waals surface area contributed by atoms with Crippen molar-refractivity contribution in [1.29, 1.82) is 0 Å². The molecule has 0 saturated carbocycles. The van der Waals surface area contributed by atoms with Crippen molar-refractivity contribution in [3.05, 3.63) is 60.7 Å². The molecule has 0 bridgehead atoms. The zero-order chi connectivity index (χ0) is 7.07. The van der Waals surface area contributed by atoms with E-state index in [0.717, 1.165) is 0 Å². The Kier molecular flexibility index (Phi) is 8.60. The summed E-state index contributed by atoms with van der Waals surface area (Å²) in [4.78, 5) is 0. The van der Waals surface area contributed by atoms with Gasteiger partial charge in [0, 0.05) is 0 Å². The van der Waals surface area contributed by atoms with E-state index >= 15 is 0 Å². The number of hydrogen-bond donors (Lipinski definition) is 0. The van der Waals surface area contributed by atoms with E-state index in [-0.39, 0.29) is 49.4 Å². The molecule has 0 aliphatic carbocycles. The molecular weight excluding hydrogens is 272 g/mol. The monoisotopic (exact) mass is 283 g/mol. The first-order chi connectivity index (χ1) is 5.00. The second kappa shape index (κ2) is 8.38. The summed E-state index contributed by atoms with van der Waals surface area (Å²) < 4.78 is 0. The summed E-state index contributed by atoms with van der Waals surface area (Å²) in [7, 11) is 0. The molecule has 0 fully saturated rings. The van der Waals surface area contributed by atoms with Gasteiger partial charge in [-0.3, -0.25) is 0 Å². The normalized spacial score (nSPS) is 7.27. The molecule has 0 saturated heterocycles. The van der Waals surface area contributed by atoms with Crippen LogP contribution < -0.4 is 0 Å². The van der Waals surface area contributed by atoms with E-state index in [1.807, 2.05) is 60.7 Å². The Morgan fingerprint density at radius 2 is 0.818 bits per heavy atom. The van der Waals surface area contributed by atoms with Gasteiger partial charge in [0.1, 0.15) is 0 Å². The van der Waals surface area contributed by atoms with Gasteiger partial charge in [-0.1, -0.05) is 0 Å². The van der Waals surface area contributed by atoms with Crippen LogP contribution in [-0.2, 0) is 0 Å². The maximum atomic E-state index is 2.00. The fraction of sp³-hybridized carbons (Fsp3) is 0. The summed E-state index contributed by atoms with van der Waals surface area (Å²) in [5.41, 5.74) is 0. The molecule has 57 valence electrons. The molecule has 11 heavy (non-hydrogen) atoms. The molecule has 0 aliphatic heterocycles. The van der Waals surface area contributed by atoms with Crippen LogP contribution in [0.4, 0.5) is 0 Å². The van der Waals surface area contributed by atoms with Gasteiger partial charge < -0.3 is 0 Å². The van der Waals surface area contributed by atoms with Crippen LogP contribution in [0.3, 0.4) is 0 Å². The molecule has 2 aromatic carbocycles. The summed E-state index contributed by atoms with van der Waals surface area (Å²) in [5.74, 6) is 0. The van der Waals surface area contributed by atoms with E-state index in [0.29, 0.717) is 0 Å². The standard InChI is InChI=1S/2C5H5.Eu/c2*1-2-4-5-3-1;/h2*1-5H;/q2*-1;+2. The molecule has 0 aromatic heterocycles. The summed E-state index contributed by atoms with van der Waals surface area (Å²) >= 11 is 0. The van der Waals surface area contributed by atoms with Crippen LogP contribution in [0.2, 0.25) is 0 Å². The third-order valence-corrected chi connectivity index (χ3v) is 1.11. The van der Waals surface area contributed by atoms with Crippen LogP contribution in [0.25, 0.3) is 0 Å². The maximum Gasteiger partial charge on any atom is 2.00 e. The van der Waals surface area contributed by atoms with Gasteiger partial charge >= 0.3 is 49.4 Å². The van der Waals surface area contributed by atoms with Crippen LogP contribution in [0, 0.1) is 49.4 Å². The second-order valence-corrected chi connectivity index (χ2v) is 1.92. The van der Waals surface area contributed by atoms with E-state index in [1.54, 1.807) is 0 Å². The van der Waals surface area contributed by atoms with Gasteiger partial charge in [0.2, 0.25) is 0 Å². The van der Waals surface area contributed by atoms with Crippen molar-refractivity contribution in [3.8, 4) is 0 Å². The van der Waals surface area contributed by atoms with Gasteiger partial charge in [0.25, 0.3) is 0 Å². The van der Waals surface area contributed by atoms with Gasteiger partial charge in [0.15, 0.2) is 0 Å². The van der Waals surface area contributed by atoms with Crippen LogP contribution in [0.1, 0.15) is 0 Å². The van der Waals surface area contributed by atoms with Crippen molar-refractivity contribution < 1.29 is 49.4 Å². The molecular formula is C10H10Eu. The summed E-state index contributed by atoms with van der Waals surface area (Å²) in [6.07, 6.45) is 0. The quantitative estimate of drug-likeness (QED) is 0.652. The Labute approximate surface area is 109 Å². The van der Waals surface area contributed by atoms with Crippen molar-refractivity contribution in [2.75, 3.05) is 0 Å². The van der Waals surface area contributed by atoms with Crippen molar-refractivity contribution >= 4 is 0 Å². The molecule has 0 unspecified atom stereocenters. The average molecular weight is 282 g/mol. The zero-order valence-electron chi connectivity index (χ0n) is 6.15. The Morgan fingerprint density at radius 3 is 0.909 bits per heavy atom. The Hall–Kier alpha value is 0.284. The van der Waals surface area contributed by atoms with Crippen molar-refractivity contribution in [3.63, 3.8) is 0 Å². The topological polar surface area (TPSA) is 0 Å². The predicted octanol–water partition coefficient (Wildman–Crippen LogP) is 2.81. The smallest absolute Gasteiger partial charge is 0.214 e. The number of hydrogen-bond acceptors (Lipinski definition) is 0. The Morgan fingerprint density at radius 1 is 0.545 bits per heavy atom. The molecule has 0 heterocycles. The third-order valence-electron chi connectivity index (χ3n) is 1.11. The van der Waals surface area contributed by atoms with Gasteiger partial charge in [-0.25, -0.2) is 24.3 Å². The van der Waals surface area contributed by atoms with Crippen LogP contribution in [0.5, 0.6) is 0 Å². The van der Waals surface area contributed by atoms with Crippen molar-refractivity contribution in [2.24, 2.45) is 0 Å². The molecule has 0 nitrogen and oxygen atoms in total. The minimum Gasteiger partial charge on any atom is -0.214 e. The van der Waals surface area contributed by atoms with Crippen molar-refractivity contribution in [2.45, 2.75) is 0 Å². The number of rotatable bonds is 0. The van der Waals surface area contributed by atoms with Crippen LogP contribution in [-0.4, -0.2) is 0 Å². The molecule has 1 heteroatoms. The van der Waals surface area contributed by atoms with Crippen LogP contribution >= 0.6 is 0 Å². The molecule has 0 spiro atoms. The predicted molar refractivity (Wildman–Crippen MR) is 44.1 cm³/mol. The maximum absolute atomic E-state index is 2.00. The van der Waals surface area contributed by atoms with Crippen molar-refractivity contribution in [1.82, 2.24) is 0 Å². The Balaban J connectivity index is 0.000000167. The second-order valence-electron chi connectivity index (χ2n) is 1.92. The van der Waals surface area contributed by atoms with Gasteiger partial charge in [-0.05, 0) is 0 Å². The molecule has 0 atom stereocenters. The molecule has 0 amide bonds. The summed E-state index contributed by atoms with van der Waals surface area (Å²) in [6.45, 7) is 0. The van der Waals surface area contributed by atoms with Crippen LogP contribution in [0.15, 0.2) is 60.7 Å². The fourth-order valence-corrected chi connectivity index (χ4v) is 0.642. The van der Waals surface area contributed by atoms with E-state index < -0.39 is 0 Å². The average Bonchev–Trinajstić information content (AvgIpc) is 2.67. The summed E-state index contributed by atoms with van der Waals surface area (Å²) in [5, 5.41) is 0. The SMILES string of the molecule is [Eu+2].c1cc[cH-]c1.c1cc[cH-]c1. The Bertz CT molecular complexity index is 144. The van der Waals surface area contributed by atoms with Gasteiger partial charge in [-0.15, -0.1) is 0 Å². The molecule has 0 aliphatic rings. The molecule has 1 radical (unpaired) electrons. The van der Waals surface area contributed by atoms with E-state index in [9.17, 15) is 0 Å². The molecule has 2 rings (SSSR count). The first kappa shape index (κ1) is 11.3. The van der Waals surface area contributed by atoms with E-state index in [2.05, 4.69) is 0 Å². The fourth-order valence-electron chi connectivity index (χ4n) is 0.642. The minimum absolute atomic E-state index is 0. The van der Waals surface area contributed by atoms with E-state index in [4.69, 9.17) is 0 Å². The van der Waals surface area contributed by atoms with E-state index in [1.165, 1.54) is 0 Å². The first-order valence-electron chi connectivity index (χ1n) is 3.33. The summed E-state index contributed by atoms with van der Waals surface area (Å²) in [6, 6.07) is 20.0. The third kappa shape index (κ3) is 6.67. The minimum atomic E-state index is 0. The molecule has 2 aromatic rings. The molecule has 0 N–H and O–H groups in total.